The highest BCUT2D eigenvalue weighted by Crippen LogP contribution is 2.26. The Bertz CT molecular complexity index is 653. The molecule has 0 saturated carbocycles. The van der Waals surface area contributed by atoms with Gasteiger partial charge >= 0.3 is 5.97 Å². The van der Waals surface area contributed by atoms with E-state index in [1.807, 2.05) is 19.1 Å². The lowest BCUT2D eigenvalue weighted by molar-refractivity contribution is -0.131. The molecule has 2 rings (SSSR count). The largest absolute Gasteiger partial charge is 0.494 e. The van der Waals surface area contributed by atoms with Crippen LogP contribution in [0.5, 0.6) is 11.5 Å². The van der Waals surface area contributed by atoms with Gasteiger partial charge in [0.05, 0.1) is 6.61 Å². The molecule has 0 unspecified atom stereocenters. The third-order valence-electron chi connectivity index (χ3n) is 2.81. The molecule has 0 saturated heterocycles. The molecule has 0 atom stereocenters. The molecule has 0 spiro atoms. The van der Waals surface area contributed by atoms with Gasteiger partial charge in [0.15, 0.2) is 0 Å². The van der Waals surface area contributed by atoms with Gasteiger partial charge in [-0.15, -0.1) is 0 Å². The fraction of sp³-hybridized carbons (Fsp3) is 0.176. The lowest BCUT2D eigenvalue weighted by Crippen LogP contribution is -1.99. The van der Waals surface area contributed by atoms with E-state index in [0.29, 0.717) is 30.3 Å². The zero-order valence-corrected chi connectivity index (χ0v) is 12.2. The Morgan fingerprint density at radius 2 is 2.18 bits per heavy atom. The quantitative estimate of drug-likeness (QED) is 0.795. The van der Waals surface area contributed by atoms with Crippen molar-refractivity contribution < 1.29 is 19.4 Å². The predicted octanol–water partition coefficient (Wildman–Crippen LogP) is 3.16. The fourth-order valence-electron chi connectivity index (χ4n) is 1.85. The first-order chi connectivity index (χ1) is 10.7. The van der Waals surface area contributed by atoms with Gasteiger partial charge in [0, 0.05) is 29.6 Å². The fourth-order valence-corrected chi connectivity index (χ4v) is 1.85. The van der Waals surface area contributed by atoms with E-state index < -0.39 is 5.97 Å². The van der Waals surface area contributed by atoms with Crippen LogP contribution in [-0.2, 0) is 11.4 Å². The average molecular weight is 299 g/mol. The number of hydrogen-bond donors (Lipinski definition) is 1. The van der Waals surface area contributed by atoms with E-state index in [1.165, 1.54) is 6.08 Å². The van der Waals surface area contributed by atoms with Crippen LogP contribution in [0.25, 0.3) is 6.08 Å². The summed E-state index contributed by atoms with van der Waals surface area (Å²) in [4.78, 5) is 14.7. The van der Waals surface area contributed by atoms with Crippen LogP contribution < -0.4 is 9.47 Å². The molecular weight excluding hydrogens is 282 g/mol. The first-order valence-electron chi connectivity index (χ1n) is 6.88. The Kier molecular flexibility index (Phi) is 5.54. The SMILES string of the molecule is CCOc1ccc(OCc2cccnc2)c(/C=C/C(=O)O)c1. The Morgan fingerprint density at radius 1 is 1.32 bits per heavy atom. The summed E-state index contributed by atoms with van der Waals surface area (Å²) in [5, 5.41) is 8.78. The standard InChI is InChI=1S/C17H17NO4/c1-2-21-15-6-7-16(14(10-15)5-8-17(19)20)22-12-13-4-3-9-18-11-13/h3-11H,2,12H2,1H3,(H,19,20)/b8-5+. The molecule has 0 amide bonds. The summed E-state index contributed by atoms with van der Waals surface area (Å²) in [6.45, 7) is 2.79. The zero-order valence-electron chi connectivity index (χ0n) is 12.2. The van der Waals surface area contributed by atoms with E-state index in [1.54, 1.807) is 30.6 Å². The van der Waals surface area contributed by atoms with E-state index in [4.69, 9.17) is 14.6 Å². The van der Waals surface area contributed by atoms with Crippen LogP contribution in [0.1, 0.15) is 18.1 Å². The summed E-state index contributed by atoms with van der Waals surface area (Å²) in [7, 11) is 0. The van der Waals surface area contributed by atoms with E-state index in [0.717, 1.165) is 11.6 Å². The van der Waals surface area contributed by atoms with Crippen molar-refractivity contribution in [1.29, 1.82) is 0 Å². The van der Waals surface area contributed by atoms with Crippen molar-refractivity contribution >= 4 is 12.0 Å². The van der Waals surface area contributed by atoms with E-state index in [2.05, 4.69) is 4.98 Å². The van der Waals surface area contributed by atoms with E-state index in [9.17, 15) is 4.79 Å². The lowest BCUT2D eigenvalue weighted by Gasteiger charge is -2.11. The third-order valence-corrected chi connectivity index (χ3v) is 2.81. The average Bonchev–Trinajstić information content (AvgIpc) is 2.53. The van der Waals surface area contributed by atoms with Gasteiger partial charge in [0.25, 0.3) is 0 Å². The molecule has 1 N–H and O–H groups in total. The molecule has 0 bridgehead atoms. The number of ether oxygens (including phenoxy) is 2. The first kappa shape index (κ1) is 15.6. The van der Waals surface area contributed by atoms with Gasteiger partial charge < -0.3 is 14.6 Å². The molecule has 114 valence electrons. The molecule has 2 aromatic rings. The van der Waals surface area contributed by atoms with Crippen LogP contribution in [0.15, 0.2) is 48.8 Å². The third kappa shape index (κ3) is 4.63. The zero-order chi connectivity index (χ0) is 15.8. The monoisotopic (exact) mass is 299 g/mol. The second kappa shape index (κ2) is 7.83. The molecule has 1 aromatic carbocycles. The molecule has 0 fully saturated rings. The number of aliphatic carboxylic acids is 1. The summed E-state index contributed by atoms with van der Waals surface area (Å²) in [5.74, 6) is 0.242. The summed E-state index contributed by atoms with van der Waals surface area (Å²) >= 11 is 0. The van der Waals surface area contributed by atoms with Crippen LogP contribution >= 0.6 is 0 Å². The van der Waals surface area contributed by atoms with Gasteiger partial charge in [0.2, 0.25) is 0 Å². The number of benzene rings is 1. The van der Waals surface area contributed by atoms with Gasteiger partial charge in [-0.05, 0) is 37.3 Å². The number of carboxylic acid groups (broad SMARTS) is 1. The number of carbonyl (C=O) groups is 1. The molecular formula is C17H17NO4. The van der Waals surface area contributed by atoms with Crippen LogP contribution in [0.3, 0.4) is 0 Å². The molecule has 0 aliphatic carbocycles. The number of aromatic nitrogens is 1. The maximum absolute atomic E-state index is 10.7. The molecule has 5 nitrogen and oxygen atoms in total. The van der Waals surface area contributed by atoms with Crippen LogP contribution in [0.4, 0.5) is 0 Å². The number of hydrogen-bond acceptors (Lipinski definition) is 4. The van der Waals surface area contributed by atoms with Gasteiger partial charge in [-0.2, -0.15) is 0 Å². The van der Waals surface area contributed by atoms with Gasteiger partial charge in [-0.25, -0.2) is 4.79 Å². The maximum Gasteiger partial charge on any atom is 0.328 e. The van der Waals surface area contributed by atoms with E-state index in [-0.39, 0.29) is 0 Å². The Balaban J connectivity index is 2.19. The predicted molar refractivity (Wildman–Crippen MR) is 82.8 cm³/mol. The van der Waals surface area contributed by atoms with Crippen LogP contribution in [-0.4, -0.2) is 22.7 Å². The van der Waals surface area contributed by atoms with Crippen molar-refractivity contribution in [1.82, 2.24) is 4.98 Å². The smallest absolute Gasteiger partial charge is 0.328 e. The first-order valence-corrected chi connectivity index (χ1v) is 6.88. The molecule has 0 aliphatic heterocycles. The van der Waals surface area contributed by atoms with Gasteiger partial charge in [-0.3, -0.25) is 4.98 Å². The Labute approximate surface area is 128 Å². The van der Waals surface area contributed by atoms with Crippen molar-refractivity contribution in [3.05, 3.63) is 59.9 Å². The number of carboxylic acids is 1. The normalized spacial score (nSPS) is 10.6. The molecule has 0 aliphatic rings. The summed E-state index contributed by atoms with van der Waals surface area (Å²) in [6.07, 6.45) is 5.98. The van der Waals surface area contributed by atoms with Crippen LogP contribution in [0, 0.1) is 0 Å². The molecule has 22 heavy (non-hydrogen) atoms. The lowest BCUT2D eigenvalue weighted by atomic mass is 10.1. The van der Waals surface area contributed by atoms with Gasteiger partial charge in [-0.1, -0.05) is 6.07 Å². The second-order valence-corrected chi connectivity index (χ2v) is 4.45. The van der Waals surface area contributed by atoms with Crippen molar-refractivity contribution in [2.24, 2.45) is 0 Å². The van der Waals surface area contributed by atoms with Crippen molar-refractivity contribution in [3.63, 3.8) is 0 Å². The van der Waals surface area contributed by atoms with Gasteiger partial charge in [0.1, 0.15) is 18.1 Å². The van der Waals surface area contributed by atoms with Crippen molar-refractivity contribution in [2.75, 3.05) is 6.61 Å². The number of nitrogens with zero attached hydrogens (tertiary/aromatic N) is 1. The minimum Gasteiger partial charge on any atom is -0.494 e. The highest BCUT2D eigenvalue weighted by Gasteiger charge is 2.05. The molecule has 1 heterocycles. The summed E-state index contributed by atoms with van der Waals surface area (Å²) < 4.78 is 11.2. The molecule has 5 heteroatoms. The minimum absolute atomic E-state index is 0.357. The highest BCUT2D eigenvalue weighted by atomic mass is 16.5. The van der Waals surface area contributed by atoms with Crippen molar-refractivity contribution in [3.8, 4) is 11.5 Å². The molecule has 0 radical (unpaired) electrons. The number of rotatable bonds is 7. The topological polar surface area (TPSA) is 68.7 Å². The maximum atomic E-state index is 10.7. The molecule has 1 aromatic heterocycles. The second-order valence-electron chi connectivity index (χ2n) is 4.45. The Hall–Kier alpha value is -2.82. The summed E-state index contributed by atoms with van der Waals surface area (Å²) in [5.41, 5.74) is 1.58. The van der Waals surface area contributed by atoms with Crippen LogP contribution in [0.2, 0.25) is 0 Å². The minimum atomic E-state index is -1.01. The highest BCUT2D eigenvalue weighted by molar-refractivity contribution is 5.86. The Morgan fingerprint density at radius 3 is 2.86 bits per heavy atom. The number of pyridine rings is 1. The summed E-state index contributed by atoms with van der Waals surface area (Å²) in [6, 6.07) is 9.06. The van der Waals surface area contributed by atoms with Crippen molar-refractivity contribution in [2.45, 2.75) is 13.5 Å². The van der Waals surface area contributed by atoms with E-state index >= 15 is 0 Å².